The minimum Gasteiger partial charge on any atom is -0.228 e. The van der Waals surface area contributed by atoms with Gasteiger partial charge >= 0.3 is 0 Å². The maximum Gasteiger partial charge on any atom is 0.165 e. The molecule has 1 aliphatic carbocycles. The summed E-state index contributed by atoms with van der Waals surface area (Å²) in [5.41, 5.74) is 23.0. The lowest BCUT2D eigenvalue weighted by Crippen LogP contribution is -2.15. The van der Waals surface area contributed by atoms with Gasteiger partial charge in [-0.15, -0.1) is 22.7 Å². The molecule has 0 N–H and O–H groups in total. The highest BCUT2D eigenvalue weighted by atomic mass is 32.1. The maximum atomic E-state index is 11.2. The van der Waals surface area contributed by atoms with Gasteiger partial charge in [-0.3, -0.25) is 0 Å². The second kappa shape index (κ2) is 28.2. The molecule has 0 bridgehead atoms. The molecule has 115 heavy (non-hydrogen) atoms. The van der Waals surface area contributed by atoms with E-state index in [-0.39, 0.29) is 5.41 Å². The number of nitriles is 1. The van der Waals surface area contributed by atoms with Gasteiger partial charge in [-0.25, -0.2) is 49.8 Å². The lowest BCUT2D eigenvalue weighted by atomic mass is 9.81. The van der Waals surface area contributed by atoms with Crippen LogP contribution in [0, 0.1) is 11.3 Å². The highest BCUT2D eigenvalue weighted by Crippen LogP contribution is 2.52. The lowest BCUT2D eigenvalue weighted by Gasteiger charge is -2.22. The zero-order chi connectivity index (χ0) is 76.7. The Balaban J connectivity index is 0.594. The number of nitrogens with zero attached hydrogens (tertiary/aromatic N) is 11. The zero-order valence-corrected chi connectivity index (χ0v) is 63.8. The van der Waals surface area contributed by atoms with Crippen LogP contribution in [0.3, 0.4) is 0 Å². The fourth-order valence-electron chi connectivity index (χ4n) is 16.1. The van der Waals surface area contributed by atoms with Gasteiger partial charge in [0.25, 0.3) is 0 Å². The van der Waals surface area contributed by atoms with Gasteiger partial charge in [0.2, 0.25) is 0 Å². The average molecular weight is 1510 g/mol. The molecule has 6 aromatic heterocycles. The fraction of sp³-hybridized carbons (Fsp3) is 0.0294. The third-order valence-electron chi connectivity index (χ3n) is 21.9. The van der Waals surface area contributed by atoms with Crippen molar-refractivity contribution in [1.82, 2.24) is 49.8 Å². The summed E-state index contributed by atoms with van der Waals surface area (Å²) < 4.78 is 4.37. The van der Waals surface area contributed by atoms with E-state index in [4.69, 9.17) is 49.8 Å². The topological polar surface area (TPSA) is 153 Å². The first kappa shape index (κ1) is 68.2. The molecule has 14 aromatic carbocycles. The van der Waals surface area contributed by atoms with Crippen LogP contribution < -0.4 is 0 Å². The van der Waals surface area contributed by atoms with Crippen LogP contribution in [0.5, 0.6) is 0 Å². The standard InChI is InChI=1S/C102H63N11S2/c1-102(2)84-55-70(46-50-75(84)76-51-48-73(56-85(76)102)98-104-86(62-24-9-3-10-25-62)59-87(105-98)63-26-11-4-12-27-63)71-47-52-77-79-38-22-40-81(92(79)114-88(77)57-71)101-112-96(67-34-19-8-20-35-67)109-97(113-101)68-44-42-61(43-45-68)69-36-21-37-72(54-69)91-83(60-103)90(64-28-13-5-14-29-64)106-99(107-91)74-49-53-78-80-39-23-41-82(93(80)115-89(78)58-74)100-110-94(65-30-15-6-16-31-65)108-95(111-100)66-32-17-7-18-33-66/h3-59H,1-2H3. The van der Waals surface area contributed by atoms with E-state index in [1.54, 1.807) is 22.7 Å². The van der Waals surface area contributed by atoms with E-state index >= 15 is 0 Å². The number of thiophene rings is 2. The molecule has 1 aliphatic rings. The molecule has 0 unspecified atom stereocenters. The minimum absolute atomic E-state index is 0.301. The SMILES string of the molecule is CC1(C)c2cc(-c3ccc4c(c3)sc3c(-c5nc(-c6ccccc6)nc(-c6ccc(-c7cccc(-c8nc(-c9ccc%10c(c9)sc9c(-c%11nc(-c%12ccccc%12)nc(-c%12ccccc%12)n%11)cccc9%10)nc(-c9ccccc9)c8C#N)c7)cc6)n5)cccc34)ccc2-c2ccc(-c3nc(-c4ccccc4)cc(-c4ccccc4)n3)cc21. The quantitative estimate of drug-likeness (QED) is 0.102. The monoisotopic (exact) mass is 1510 g/mol. The summed E-state index contributed by atoms with van der Waals surface area (Å²) in [6, 6.07) is 122. The van der Waals surface area contributed by atoms with Crippen molar-refractivity contribution in [3.63, 3.8) is 0 Å². The Morgan fingerprint density at radius 3 is 1.06 bits per heavy atom. The van der Waals surface area contributed by atoms with E-state index in [1.165, 1.54) is 32.3 Å². The largest absolute Gasteiger partial charge is 0.228 e. The Morgan fingerprint density at radius 2 is 0.565 bits per heavy atom. The molecule has 0 fully saturated rings. The molecule has 11 nitrogen and oxygen atoms in total. The molecule has 0 atom stereocenters. The Hall–Kier alpha value is -14.8. The molecule has 6 heterocycles. The molecule has 13 heteroatoms. The Morgan fingerprint density at radius 1 is 0.235 bits per heavy atom. The number of benzene rings is 14. The minimum atomic E-state index is -0.301. The van der Waals surface area contributed by atoms with Crippen molar-refractivity contribution in [3.8, 4) is 176 Å². The number of aromatic nitrogens is 10. The van der Waals surface area contributed by atoms with Crippen molar-refractivity contribution in [1.29, 1.82) is 5.26 Å². The molecule has 0 saturated carbocycles. The van der Waals surface area contributed by atoms with Crippen molar-refractivity contribution in [2.75, 3.05) is 0 Å². The molecule has 0 amide bonds. The smallest absolute Gasteiger partial charge is 0.165 e. The summed E-state index contributed by atoms with van der Waals surface area (Å²) in [5.74, 6) is 4.72. The van der Waals surface area contributed by atoms with Gasteiger partial charge in [0.05, 0.1) is 22.8 Å². The van der Waals surface area contributed by atoms with Crippen LogP contribution in [0.4, 0.5) is 0 Å². The Labute approximate surface area is 670 Å². The maximum absolute atomic E-state index is 11.2. The van der Waals surface area contributed by atoms with Crippen LogP contribution in [-0.2, 0) is 5.41 Å². The fourth-order valence-corrected chi connectivity index (χ4v) is 18.6. The summed E-state index contributed by atoms with van der Waals surface area (Å²) in [6.45, 7) is 4.67. The lowest BCUT2D eigenvalue weighted by molar-refractivity contribution is 0.661. The molecule has 0 radical (unpaired) electrons. The second-order valence-corrected chi connectivity index (χ2v) is 31.4. The summed E-state index contributed by atoms with van der Waals surface area (Å²) in [7, 11) is 0. The highest BCUT2D eigenvalue weighted by molar-refractivity contribution is 7.26. The Kier molecular flexibility index (Phi) is 16.7. The molecule has 538 valence electrons. The van der Waals surface area contributed by atoms with E-state index in [2.05, 4.69) is 220 Å². The van der Waals surface area contributed by atoms with Gasteiger partial charge in [0.15, 0.2) is 46.6 Å². The Bertz CT molecular complexity index is 7180. The first-order valence-electron chi connectivity index (χ1n) is 38.1. The summed E-state index contributed by atoms with van der Waals surface area (Å²) in [4.78, 5) is 52.0. The number of rotatable bonds is 14. The summed E-state index contributed by atoms with van der Waals surface area (Å²) >= 11 is 3.45. The predicted octanol–water partition coefficient (Wildman–Crippen LogP) is 25.9. The molecule has 0 saturated heterocycles. The molecular weight excluding hydrogens is 1440 g/mol. The van der Waals surface area contributed by atoms with E-state index in [0.717, 1.165) is 131 Å². The van der Waals surface area contributed by atoms with Crippen LogP contribution in [-0.4, -0.2) is 49.8 Å². The first-order chi connectivity index (χ1) is 56.6. The number of fused-ring (bicyclic) bond motifs is 9. The molecular formula is C102H63N11S2. The third-order valence-corrected chi connectivity index (χ3v) is 24.3. The van der Waals surface area contributed by atoms with Gasteiger partial charge in [-0.2, -0.15) is 5.26 Å². The van der Waals surface area contributed by atoms with Crippen LogP contribution in [0.1, 0.15) is 30.5 Å². The number of hydrogen-bond acceptors (Lipinski definition) is 13. The van der Waals surface area contributed by atoms with Crippen molar-refractivity contribution in [2.45, 2.75) is 19.3 Å². The predicted molar refractivity (Wildman–Crippen MR) is 469 cm³/mol. The van der Waals surface area contributed by atoms with E-state index in [1.807, 2.05) is 146 Å². The molecule has 21 rings (SSSR count). The van der Waals surface area contributed by atoms with Crippen molar-refractivity contribution in [2.24, 2.45) is 0 Å². The van der Waals surface area contributed by atoms with Crippen LogP contribution >= 0.6 is 22.7 Å². The summed E-state index contributed by atoms with van der Waals surface area (Å²) in [5, 5.41) is 15.7. The van der Waals surface area contributed by atoms with Gasteiger partial charge in [-0.05, 0) is 93.0 Å². The van der Waals surface area contributed by atoms with Gasteiger partial charge in [0.1, 0.15) is 11.6 Å². The van der Waals surface area contributed by atoms with E-state index in [0.29, 0.717) is 63.5 Å². The van der Waals surface area contributed by atoms with Crippen LogP contribution in [0.15, 0.2) is 346 Å². The van der Waals surface area contributed by atoms with Crippen molar-refractivity contribution < 1.29 is 0 Å². The third kappa shape index (κ3) is 12.4. The van der Waals surface area contributed by atoms with Gasteiger partial charge in [0, 0.05) is 113 Å². The van der Waals surface area contributed by atoms with Crippen molar-refractivity contribution in [3.05, 3.63) is 362 Å². The van der Waals surface area contributed by atoms with E-state index in [9.17, 15) is 5.26 Å². The van der Waals surface area contributed by atoms with Gasteiger partial charge in [-0.1, -0.05) is 311 Å². The first-order valence-corrected chi connectivity index (χ1v) is 39.8. The average Bonchev–Trinajstić information content (AvgIpc) is 1.57. The normalized spacial score (nSPS) is 12.1. The van der Waals surface area contributed by atoms with E-state index < -0.39 is 0 Å². The molecule has 0 spiro atoms. The summed E-state index contributed by atoms with van der Waals surface area (Å²) in [6.07, 6.45) is 0. The second-order valence-electron chi connectivity index (χ2n) is 29.3. The molecule has 20 aromatic rings. The zero-order valence-electron chi connectivity index (χ0n) is 62.1. The highest BCUT2D eigenvalue weighted by Gasteiger charge is 2.37. The van der Waals surface area contributed by atoms with Gasteiger partial charge < -0.3 is 0 Å². The van der Waals surface area contributed by atoms with Crippen LogP contribution in [0.2, 0.25) is 0 Å². The number of hydrogen-bond donors (Lipinski definition) is 0. The van der Waals surface area contributed by atoms with Crippen molar-refractivity contribution >= 4 is 63.0 Å². The van der Waals surface area contributed by atoms with Crippen LogP contribution in [0.25, 0.3) is 210 Å². The molecule has 0 aliphatic heterocycles.